The first-order valence-corrected chi connectivity index (χ1v) is 7.36. The first-order chi connectivity index (χ1) is 10.2. The molecule has 0 saturated heterocycles. The quantitative estimate of drug-likeness (QED) is 0.765. The third kappa shape index (κ3) is 4.02. The Morgan fingerprint density at radius 1 is 0.952 bits per heavy atom. The van der Waals surface area contributed by atoms with Crippen LogP contribution in [0.15, 0.2) is 60.7 Å². The van der Waals surface area contributed by atoms with Crippen LogP contribution in [0.2, 0.25) is 0 Å². The number of hydrogen-bond acceptors (Lipinski definition) is 2. The summed E-state index contributed by atoms with van der Waals surface area (Å²) in [4.78, 5) is 12.9. The van der Waals surface area contributed by atoms with E-state index in [9.17, 15) is 4.79 Å². The lowest BCUT2D eigenvalue weighted by atomic mass is 9.82. The van der Waals surface area contributed by atoms with E-state index in [4.69, 9.17) is 4.74 Å². The Morgan fingerprint density at radius 3 is 1.86 bits per heavy atom. The highest BCUT2D eigenvalue weighted by Crippen LogP contribution is 2.29. The van der Waals surface area contributed by atoms with Crippen molar-refractivity contribution in [3.8, 4) is 0 Å². The van der Waals surface area contributed by atoms with Crippen molar-refractivity contribution in [1.29, 1.82) is 0 Å². The summed E-state index contributed by atoms with van der Waals surface area (Å²) in [6, 6.07) is 20.0. The third-order valence-corrected chi connectivity index (χ3v) is 3.79. The topological polar surface area (TPSA) is 26.3 Å². The largest absolute Gasteiger partial charge is 0.385 e. The van der Waals surface area contributed by atoms with Crippen LogP contribution >= 0.6 is 0 Å². The van der Waals surface area contributed by atoms with Gasteiger partial charge in [-0.1, -0.05) is 67.6 Å². The summed E-state index contributed by atoms with van der Waals surface area (Å²) in [5, 5.41) is 0. The van der Waals surface area contributed by atoms with Crippen molar-refractivity contribution in [2.75, 3.05) is 13.7 Å². The second-order valence-electron chi connectivity index (χ2n) is 5.34. The van der Waals surface area contributed by atoms with E-state index in [0.29, 0.717) is 6.61 Å². The Morgan fingerprint density at radius 2 is 1.43 bits per heavy atom. The normalized spacial score (nSPS) is 12.3. The molecule has 0 fully saturated rings. The number of rotatable bonds is 7. The van der Waals surface area contributed by atoms with Crippen molar-refractivity contribution >= 4 is 5.78 Å². The van der Waals surface area contributed by atoms with Crippen LogP contribution in [0.25, 0.3) is 0 Å². The average Bonchev–Trinajstić information content (AvgIpc) is 2.54. The van der Waals surface area contributed by atoms with Crippen molar-refractivity contribution in [2.24, 2.45) is 5.92 Å². The van der Waals surface area contributed by atoms with Gasteiger partial charge in [0.15, 0.2) is 0 Å². The number of methoxy groups -OCH3 is 1. The van der Waals surface area contributed by atoms with Crippen LogP contribution in [-0.2, 0) is 9.53 Å². The molecule has 21 heavy (non-hydrogen) atoms. The molecule has 0 N–H and O–H groups in total. The summed E-state index contributed by atoms with van der Waals surface area (Å²) in [6.45, 7) is 2.60. The summed E-state index contributed by atoms with van der Waals surface area (Å²) < 4.78 is 5.10. The van der Waals surface area contributed by atoms with Gasteiger partial charge in [-0.05, 0) is 17.5 Å². The Hall–Kier alpha value is -1.93. The minimum atomic E-state index is -0.195. The Balaban J connectivity index is 2.31. The molecule has 110 valence electrons. The Kier molecular flexibility index (Phi) is 5.70. The fraction of sp³-hybridized carbons (Fsp3) is 0.316. The third-order valence-electron chi connectivity index (χ3n) is 3.79. The molecule has 0 heterocycles. The summed E-state index contributed by atoms with van der Waals surface area (Å²) in [5.74, 6) is 0.0408. The molecule has 0 amide bonds. The zero-order valence-corrected chi connectivity index (χ0v) is 12.7. The molecule has 0 aliphatic heterocycles. The van der Waals surface area contributed by atoms with Gasteiger partial charge in [0, 0.05) is 19.6 Å². The number of Topliss-reactive ketones (excluding diaryl/α,β-unsaturated/α-hetero) is 1. The number of ketones is 1. The number of ether oxygens (including phenoxy) is 1. The minimum Gasteiger partial charge on any atom is -0.385 e. The molecule has 1 unspecified atom stereocenters. The summed E-state index contributed by atoms with van der Waals surface area (Å²) in [5.41, 5.74) is 2.11. The number of carbonyl (C=O) groups excluding carboxylic acids is 1. The summed E-state index contributed by atoms with van der Waals surface area (Å²) >= 11 is 0. The number of benzene rings is 2. The average molecular weight is 282 g/mol. The van der Waals surface area contributed by atoms with E-state index in [-0.39, 0.29) is 17.6 Å². The fourth-order valence-corrected chi connectivity index (χ4v) is 2.53. The van der Waals surface area contributed by atoms with Crippen molar-refractivity contribution < 1.29 is 9.53 Å². The molecule has 0 bridgehead atoms. The monoisotopic (exact) mass is 282 g/mol. The molecule has 0 radical (unpaired) electrons. The van der Waals surface area contributed by atoms with Crippen molar-refractivity contribution in [1.82, 2.24) is 0 Å². The van der Waals surface area contributed by atoms with E-state index < -0.39 is 0 Å². The highest BCUT2D eigenvalue weighted by atomic mass is 16.5. The maximum absolute atomic E-state index is 12.9. The van der Waals surface area contributed by atoms with E-state index in [1.54, 1.807) is 7.11 Å². The van der Waals surface area contributed by atoms with Crippen LogP contribution < -0.4 is 0 Å². The predicted molar refractivity (Wildman–Crippen MR) is 85.4 cm³/mol. The molecule has 0 aliphatic carbocycles. The van der Waals surface area contributed by atoms with Crippen molar-refractivity contribution in [2.45, 2.75) is 19.3 Å². The van der Waals surface area contributed by atoms with Gasteiger partial charge in [0.2, 0.25) is 0 Å². The lowest BCUT2D eigenvalue weighted by Gasteiger charge is -2.21. The SMILES string of the molecule is COCCC(C)C(=O)C(c1ccccc1)c1ccccc1. The van der Waals surface area contributed by atoms with E-state index in [2.05, 4.69) is 0 Å². The highest BCUT2D eigenvalue weighted by molar-refractivity contribution is 5.90. The standard InChI is InChI=1S/C19H22O2/c1-15(13-14-21-2)19(20)18(16-9-5-3-6-10-16)17-11-7-4-8-12-17/h3-12,15,18H,13-14H2,1-2H3. The molecule has 2 aromatic rings. The van der Waals surface area contributed by atoms with Gasteiger partial charge in [0.05, 0.1) is 5.92 Å². The molecular weight excluding hydrogens is 260 g/mol. The molecule has 1 atom stereocenters. The van der Waals surface area contributed by atoms with Gasteiger partial charge in [-0.3, -0.25) is 4.79 Å². The minimum absolute atomic E-state index is 0.0182. The molecule has 0 aromatic heterocycles. The highest BCUT2D eigenvalue weighted by Gasteiger charge is 2.26. The van der Waals surface area contributed by atoms with E-state index >= 15 is 0 Å². The fourth-order valence-electron chi connectivity index (χ4n) is 2.53. The first-order valence-electron chi connectivity index (χ1n) is 7.36. The van der Waals surface area contributed by atoms with Gasteiger partial charge in [0.1, 0.15) is 5.78 Å². The van der Waals surface area contributed by atoms with E-state index in [0.717, 1.165) is 17.5 Å². The van der Waals surface area contributed by atoms with Crippen LogP contribution in [0, 0.1) is 5.92 Å². The van der Waals surface area contributed by atoms with Gasteiger partial charge in [0.25, 0.3) is 0 Å². The maximum atomic E-state index is 12.9. The number of carbonyl (C=O) groups is 1. The van der Waals surface area contributed by atoms with Gasteiger partial charge >= 0.3 is 0 Å². The van der Waals surface area contributed by atoms with E-state index in [1.807, 2.05) is 67.6 Å². The summed E-state index contributed by atoms with van der Waals surface area (Å²) in [6.07, 6.45) is 0.755. The maximum Gasteiger partial charge on any atom is 0.147 e. The van der Waals surface area contributed by atoms with Crippen LogP contribution in [0.1, 0.15) is 30.4 Å². The second-order valence-corrected chi connectivity index (χ2v) is 5.34. The second kappa shape index (κ2) is 7.75. The molecule has 2 nitrogen and oxygen atoms in total. The Labute approximate surface area is 126 Å². The molecule has 0 saturated carbocycles. The van der Waals surface area contributed by atoms with Crippen LogP contribution in [0.5, 0.6) is 0 Å². The zero-order valence-electron chi connectivity index (χ0n) is 12.7. The van der Waals surface area contributed by atoms with Gasteiger partial charge < -0.3 is 4.74 Å². The molecule has 2 rings (SSSR count). The molecule has 2 aromatic carbocycles. The molecule has 0 aliphatic rings. The molecule has 0 spiro atoms. The van der Waals surface area contributed by atoms with Crippen molar-refractivity contribution in [3.63, 3.8) is 0 Å². The zero-order chi connectivity index (χ0) is 15.1. The van der Waals surface area contributed by atoms with Gasteiger partial charge in [-0.2, -0.15) is 0 Å². The van der Waals surface area contributed by atoms with Gasteiger partial charge in [-0.15, -0.1) is 0 Å². The van der Waals surface area contributed by atoms with Gasteiger partial charge in [-0.25, -0.2) is 0 Å². The number of hydrogen-bond donors (Lipinski definition) is 0. The Bertz CT molecular complexity index is 509. The van der Waals surface area contributed by atoms with E-state index in [1.165, 1.54) is 0 Å². The van der Waals surface area contributed by atoms with Crippen molar-refractivity contribution in [3.05, 3.63) is 71.8 Å². The van der Waals surface area contributed by atoms with Crippen LogP contribution in [0.4, 0.5) is 0 Å². The van der Waals surface area contributed by atoms with Crippen LogP contribution in [0.3, 0.4) is 0 Å². The first kappa shape index (κ1) is 15.5. The predicted octanol–water partition coefficient (Wildman–Crippen LogP) is 4.06. The lowest BCUT2D eigenvalue weighted by Crippen LogP contribution is -2.22. The molecular formula is C19H22O2. The molecule has 2 heteroatoms. The smallest absolute Gasteiger partial charge is 0.147 e. The van der Waals surface area contributed by atoms with Crippen LogP contribution in [-0.4, -0.2) is 19.5 Å². The lowest BCUT2D eigenvalue weighted by molar-refractivity contribution is -0.123. The summed E-state index contributed by atoms with van der Waals surface area (Å²) in [7, 11) is 1.67.